The minimum absolute atomic E-state index is 0.139. The standard InChI is InChI=1S/C14H26N4O2S2/c1-5-22(19,20)18(4)10-6-9-16-14(15-3)17-11-13-8-7-12(2)21-13/h7-8H,5-6,9-11H2,1-4H3,(H2,15,16,17). The second kappa shape index (κ2) is 9.12. The summed E-state index contributed by atoms with van der Waals surface area (Å²) in [5.74, 6) is 0.868. The second-order valence-electron chi connectivity index (χ2n) is 4.94. The summed E-state index contributed by atoms with van der Waals surface area (Å²) < 4.78 is 24.6. The predicted molar refractivity (Wildman–Crippen MR) is 94.0 cm³/mol. The van der Waals surface area contributed by atoms with Crippen LogP contribution in [0.1, 0.15) is 23.1 Å². The van der Waals surface area contributed by atoms with Gasteiger partial charge in [0.2, 0.25) is 10.0 Å². The van der Waals surface area contributed by atoms with E-state index in [9.17, 15) is 8.42 Å². The third kappa shape index (κ3) is 6.33. The van der Waals surface area contributed by atoms with Gasteiger partial charge in [0.1, 0.15) is 0 Å². The maximum atomic E-state index is 11.6. The number of nitrogens with one attached hydrogen (secondary N) is 2. The molecule has 0 amide bonds. The van der Waals surface area contributed by atoms with Crippen molar-refractivity contribution in [2.75, 3.05) is 32.9 Å². The molecule has 1 aromatic heterocycles. The predicted octanol–water partition coefficient (Wildman–Crippen LogP) is 1.39. The average molecular weight is 347 g/mol. The van der Waals surface area contributed by atoms with E-state index < -0.39 is 10.0 Å². The van der Waals surface area contributed by atoms with E-state index in [1.54, 1.807) is 32.4 Å². The Balaban J connectivity index is 2.27. The van der Waals surface area contributed by atoms with Crippen LogP contribution in [0.3, 0.4) is 0 Å². The molecule has 0 fully saturated rings. The maximum Gasteiger partial charge on any atom is 0.213 e. The summed E-state index contributed by atoms with van der Waals surface area (Å²) in [5.41, 5.74) is 0. The van der Waals surface area contributed by atoms with Gasteiger partial charge in [-0.25, -0.2) is 12.7 Å². The monoisotopic (exact) mass is 346 g/mol. The molecule has 6 nitrogen and oxygen atoms in total. The van der Waals surface area contributed by atoms with Crippen molar-refractivity contribution in [3.8, 4) is 0 Å². The summed E-state index contributed by atoms with van der Waals surface area (Å²) in [6.07, 6.45) is 0.731. The van der Waals surface area contributed by atoms with E-state index in [0.29, 0.717) is 13.1 Å². The van der Waals surface area contributed by atoms with Crippen LogP contribution in [-0.2, 0) is 16.6 Å². The number of hydrogen-bond donors (Lipinski definition) is 2. The van der Waals surface area contributed by atoms with Gasteiger partial charge in [-0.05, 0) is 32.4 Å². The van der Waals surface area contributed by atoms with E-state index in [1.807, 2.05) is 0 Å². The number of rotatable bonds is 8. The van der Waals surface area contributed by atoms with Gasteiger partial charge < -0.3 is 10.6 Å². The van der Waals surface area contributed by atoms with Gasteiger partial charge in [0.25, 0.3) is 0 Å². The third-order valence-electron chi connectivity index (χ3n) is 3.23. The number of hydrogen-bond acceptors (Lipinski definition) is 4. The molecule has 0 saturated heterocycles. The van der Waals surface area contributed by atoms with Crippen LogP contribution in [0, 0.1) is 6.92 Å². The number of nitrogens with zero attached hydrogens (tertiary/aromatic N) is 2. The van der Waals surface area contributed by atoms with E-state index in [4.69, 9.17) is 0 Å². The molecule has 0 aromatic carbocycles. The molecule has 1 rings (SSSR count). The molecule has 1 aromatic rings. The smallest absolute Gasteiger partial charge is 0.213 e. The number of aryl methyl sites for hydroxylation is 1. The number of aliphatic imine (C=N–C) groups is 1. The Morgan fingerprint density at radius 2 is 2.09 bits per heavy atom. The van der Waals surface area contributed by atoms with Crippen LogP contribution < -0.4 is 10.6 Å². The number of thiophene rings is 1. The Labute approximate surface area is 137 Å². The molecule has 0 aliphatic heterocycles. The van der Waals surface area contributed by atoms with Crippen molar-refractivity contribution in [1.82, 2.24) is 14.9 Å². The highest BCUT2D eigenvalue weighted by Gasteiger charge is 2.13. The highest BCUT2D eigenvalue weighted by atomic mass is 32.2. The van der Waals surface area contributed by atoms with Gasteiger partial charge >= 0.3 is 0 Å². The SMILES string of the molecule is CCS(=O)(=O)N(C)CCCNC(=NC)NCc1ccc(C)s1. The summed E-state index contributed by atoms with van der Waals surface area (Å²) in [5, 5.41) is 6.44. The summed E-state index contributed by atoms with van der Waals surface area (Å²) >= 11 is 1.76. The minimum atomic E-state index is -3.09. The van der Waals surface area contributed by atoms with Gasteiger partial charge in [-0.15, -0.1) is 11.3 Å². The van der Waals surface area contributed by atoms with Crippen LogP contribution in [0.4, 0.5) is 0 Å². The molecule has 8 heteroatoms. The summed E-state index contributed by atoms with van der Waals surface area (Å²) in [4.78, 5) is 6.71. The van der Waals surface area contributed by atoms with Gasteiger partial charge in [0, 0.05) is 36.9 Å². The first kappa shape index (κ1) is 18.9. The lowest BCUT2D eigenvalue weighted by molar-refractivity contribution is 0.461. The van der Waals surface area contributed by atoms with Gasteiger partial charge in [0.15, 0.2) is 5.96 Å². The largest absolute Gasteiger partial charge is 0.356 e. The van der Waals surface area contributed by atoms with Crippen LogP contribution in [0.15, 0.2) is 17.1 Å². The summed E-state index contributed by atoms with van der Waals surface area (Å²) in [7, 11) is 0.254. The van der Waals surface area contributed by atoms with E-state index >= 15 is 0 Å². The normalized spacial score (nSPS) is 12.7. The molecule has 0 unspecified atom stereocenters. The van der Waals surface area contributed by atoms with Gasteiger partial charge in [-0.2, -0.15) is 0 Å². The molecule has 22 heavy (non-hydrogen) atoms. The Morgan fingerprint density at radius 1 is 1.36 bits per heavy atom. The Bertz CT molecular complexity index is 581. The van der Waals surface area contributed by atoms with Gasteiger partial charge in [0.05, 0.1) is 12.3 Å². The molecule has 0 bridgehead atoms. The van der Waals surface area contributed by atoms with E-state index in [1.165, 1.54) is 14.1 Å². The molecule has 0 atom stereocenters. The summed E-state index contributed by atoms with van der Waals surface area (Å²) in [6, 6.07) is 4.20. The lowest BCUT2D eigenvalue weighted by Crippen LogP contribution is -2.38. The highest BCUT2D eigenvalue weighted by Crippen LogP contribution is 2.14. The second-order valence-corrected chi connectivity index (χ2v) is 8.68. The fraction of sp³-hybridized carbons (Fsp3) is 0.643. The lowest BCUT2D eigenvalue weighted by Gasteiger charge is -2.16. The molecule has 0 spiro atoms. The lowest BCUT2D eigenvalue weighted by atomic mass is 10.4. The van der Waals surface area contributed by atoms with E-state index in [-0.39, 0.29) is 5.75 Å². The first-order valence-corrected chi connectivity index (χ1v) is 9.75. The molecule has 0 aliphatic carbocycles. The number of guanidine groups is 1. The molecule has 0 saturated carbocycles. The quantitative estimate of drug-likeness (QED) is 0.424. The topological polar surface area (TPSA) is 73.8 Å². The van der Waals surface area contributed by atoms with Gasteiger partial charge in [-0.3, -0.25) is 4.99 Å². The molecule has 2 N–H and O–H groups in total. The van der Waals surface area contributed by atoms with Gasteiger partial charge in [-0.1, -0.05) is 0 Å². The zero-order valence-electron chi connectivity index (χ0n) is 13.7. The summed E-state index contributed by atoms with van der Waals surface area (Å²) in [6.45, 7) is 5.66. The first-order valence-electron chi connectivity index (χ1n) is 7.33. The average Bonchev–Trinajstić information content (AvgIpc) is 2.91. The van der Waals surface area contributed by atoms with Crippen molar-refractivity contribution in [3.63, 3.8) is 0 Å². The Kier molecular flexibility index (Phi) is 7.84. The Morgan fingerprint density at radius 3 is 2.64 bits per heavy atom. The third-order valence-corrected chi connectivity index (χ3v) is 6.09. The van der Waals surface area contributed by atoms with Crippen molar-refractivity contribution < 1.29 is 8.42 Å². The zero-order chi connectivity index (χ0) is 16.6. The highest BCUT2D eigenvalue weighted by molar-refractivity contribution is 7.89. The Hall–Kier alpha value is -1.12. The molecule has 126 valence electrons. The number of sulfonamides is 1. The first-order chi connectivity index (χ1) is 10.4. The van der Waals surface area contributed by atoms with Crippen molar-refractivity contribution >= 4 is 27.3 Å². The van der Waals surface area contributed by atoms with E-state index in [0.717, 1.165) is 18.9 Å². The van der Waals surface area contributed by atoms with Crippen molar-refractivity contribution in [2.24, 2.45) is 4.99 Å². The zero-order valence-corrected chi connectivity index (χ0v) is 15.4. The molecular weight excluding hydrogens is 320 g/mol. The fourth-order valence-electron chi connectivity index (χ4n) is 1.84. The molecular formula is C14H26N4O2S2. The van der Waals surface area contributed by atoms with Crippen molar-refractivity contribution in [2.45, 2.75) is 26.8 Å². The molecule has 0 radical (unpaired) electrons. The van der Waals surface area contributed by atoms with Crippen LogP contribution in [0.2, 0.25) is 0 Å². The van der Waals surface area contributed by atoms with Crippen LogP contribution in [0.25, 0.3) is 0 Å². The van der Waals surface area contributed by atoms with E-state index in [2.05, 4.69) is 34.7 Å². The van der Waals surface area contributed by atoms with Crippen LogP contribution >= 0.6 is 11.3 Å². The van der Waals surface area contributed by atoms with Crippen molar-refractivity contribution in [1.29, 1.82) is 0 Å². The minimum Gasteiger partial charge on any atom is -0.356 e. The van der Waals surface area contributed by atoms with Crippen LogP contribution in [-0.4, -0.2) is 51.6 Å². The fourth-order valence-corrected chi connectivity index (χ4v) is 3.52. The van der Waals surface area contributed by atoms with Crippen molar-refractivity contribution in [3.05, 3.63) is 21.9 Å². The maximum absolute atomic E-state index is 11.6. The molecule has 0 aliphatic rings. The molecule has 1 heterocycles. The van der Waals surface area contributed by atoms with Crippen LogP contribution in [0.5, 0.6) is 0 Å².